The quantitative estimate of drug-likeness (QED) is 0.480. The largest absolute Gasteiger partial charge is 0.491 e. The van der Waals surface area contributed by atoms with Crippen molar-refractivity contribution in [2.45, 2.75) is 25.0 Å². The standard InChI is InChI=1S/C22H23Cl2FN4O3/c23-13-1-4-19-20(9-13)28-21(27-19)22(31)26-14-5-7-29(8-6-14)11-15(30)12-32-16-2-3-17(24)18(25)10-16/h1-4,9-10,14-15,30H,5-8,11-12H2,(H,26,31)(H,27,28). The molecule has 0 bridgehead atoms. The van der Waals surface area contributed by atoms with Crippen molar-refractivity contribution in [3.63, 3.8) is 0 Å². The van der Waals surface area contributed by atoms with E-state index in [1.807, 2.05) is 0 Å². The molecule has 2 aromatic carbocycles. The van der Waals surface area contributed by atoms with Crippen molar-refractivity contribution in [3.05, 3.63) is 58.1 Å². The number of likely N-dealkylation sites (tertiary alicyclic amines) is 1. The first-order valence-corrected chi connectivity index (χ1v) is 11.1. The molecule has 2 heterocycles. The van der Waals surface area contributed by atoms with Crippen molar-refractivity contribution >= 4 is 40.1 Å². The Kier molecular flexibility index (Phi) is 7.15. The van der Waals surface area contributed by atoms with Gasteiger partial charge in [0.05, 0.1) is 16.1 Å². The number of hydrogen-bond acceptors (Lipinski definition) is 5. The molecule has 1 aliphatic rings. The van der Waals surface area contributed by atoms with Gasteiger partial charge in [-0.1, -0.05) is 23.2 Å². The Bertz CT molecular complexity index is 1100. The van der Waals surface area contributed by atoms with E-state index in [9.17, 15) is 14.3 Å². The summed E-state index contributed by atoms with van der Waals surface area (Å²) in [6, 6.07) is 9.43. The molecule has 1 aromatic heterocycles. The number of aromatic amines is 1. The topological polar surface area (TPSA) is 90.5 Å². The van der Waals surface area contributed by atoms with Gasteiger partial charge in [-0.25, -0.2) is 9.37 Å². The van der Waals surface area contributed by atoms with Crippen molar-refractivity contribution in [2.24, 2.45) is 0 Å². The van der Waals surface area contributed by atoms with Crippen LogP contribution in [-0.4, -0.2) is 64.3 Å². The molecule has 0 spiro atoms. The minimum Gasteiger partial charge on any atom is -0.491 e. The molecule has 0 aliphatic carbocycles. The second-order valence-electron chi connectivity index (χ2n) is 7.84. The van der Waals surface area contributed by atoms with Crippen LogP contribution < -0.4 is 10.1 Å². The maximum absolute atomic E-state index is 13.5. The second kappa shape index (κ2) is 10.0. The number of fused-ring (bicyclic) bond motifs is 1. The molecule has 0 saturated carbocycles. The van der Waals surface area contributed by atoms with Crippen LogP contribution in [0.25, 0.3) is 11.0 Å². The Hall–Kier alpha value is -2.39. The van der Waals surface area contributed by atoms with E-state index in [4.69, 9.17) is 27.9 Å². The third-order valence-corrected chi connectivity index (χ3v) is 5.93. The van der Waals surface area contributed by atoms with Gasteiger partial charge in [-0.15, -0.1) is 0 Å². The van der Waals surface area contributed by atoms with Gasteiger partial charge in [-0.2, -0.15) is 0 Å². The minimum absolute atomic E-state index is 0.0255. The zero-order chi connectivity index (χ0) is 22.7. The van der Waals surface area contributed by atoms with Crippen LogP contribution in [0.2, 0.25) is 10.0 Å². The smallest absolute Gasteiger partial charge is 0.287 e. The number of amides is 1. The highest BCUT2D eigenvalue weighted by Gasteiger charge is 2.24. The third kappa shape index (κ3) is 5.69. The zero-order valence-corrected chi connectivity index (χ0v) is 18.7. The van der Waals surface area contributed by atoms with Gasteiger partial charge in [0, 0.05) is 36.8 Å². The maximum atomic E-state index is 13.5. The summed E-state index contributed by atoms with van der Waals surface area (Å²) >= 11 is 11.6. The number of piperidine rings is 1. The minimum atomic E-state index is -0.720. The molecule has 1 fully saturated rings. The second-order valence-corrected chi connectivity index (χ2v) is 8.68. The Morgan fingerprint density at radius 2 is 2.06 bits per heavy atom. The molecule has 1 atom stereocenters. The fourth-order valence-corrected chi connectivity index (χ4v) is 4.00. The van der Waals surface area contributed by atoms with Gasteiger partial charge in [-0.3, -0.25) is 4.79 Å². The molecule has 4 rings (SSSR count). The number of nitrogens with zero attached hydrogens (tertiary/aromatic N) is 2. The maximum Gasteiger partial charge on any atom is 0.287 e. The molecule has 7 nitrogen and oxygen atoms in total. The number of hydrogen-bond donors (Lipinski definition) is 3. The number of imidazole rings is 1. The first kappa shape index (κ1) is 22.8. The van der Waals surface area contributed by atoms with Gasteiger partial charge in [0.2, 0.25) is 0 Å². The Morgan fingerprint density at radius 1 is 1.28 bits per heavy atom. The van der Waals surface area contributed by atoms with Crippen molar-refractivity contribution in [2.75, 3.05) is 26.2 Å². The molecule has 10 heteroatoms. The number of H-pyrrole nitrogens is 1. The lowest BCUT2D eigenvalue weighted by molar-refractivity contribution is 0.0566. The molecule has 3 aromatic rings. The lowest BCUT2D eigenvalue weighted by Crippen LogP contribution is -2.47. The number of aromatic nitrogens is 2. The number of carbonyl (C=O) groups excluding carboxylic acids is 1. The van der Waals surface area contributed by atoms with Gasteiger partial charge in [-0.05, 0) is 43.2 Å². The average molecular weight is 481 g/mol. The van der Waals surface area contributed by atoms with E-state index in [0.29, 0.717) is 22.8 Å². The van der Waals surface area contributed by atoms with E-state index in [1.165, 1.54) is 12.1 Å². The summed E-state index contributed by atoms with van der Waals surface area (Å²) in [7, 11) is 0. The fourth-order valence-electron chi connectivity index (χ4n) is 3.71. The van der Waals surface area contributed by atoms with E-state index in [1.54, 1.807) is 24.3 Å². The van der Waals surface area contributed by atoms with E-state index in [2.05, 4.69) is 20.2 Å². The van der Waals surface area contributed by atoms with Crippen LogP contribution in [0.5, 0.6) is 5.75 Å². The first-order chi connectivity index (χ1) is 15.4. The highest BCUT2D eigenvalue weighted by Crippen LogP contribution is 2.21. The molecule has 3 N–H and O–H groups in total. The number of nitrogens with one attached hydrogen (secondary N) is 2. The molecule has 0 radical (unpaired) electrons. The number of ether oxygens (including phenoxy) is 1. The van der Waals surface area contributed by atoms with E-state index in [0.717, 1.165) is 31.4 Å². The molecule has 1 unspecified atom stereocenters. The van der Waals surface area contributed by atoms with Crippen molar-refractivity contribution in [3.8, 4) is 5.75 Å². The fraction of sp³-hybridized carbons (Fsp3) is 0.364. The molecular weight excluding hydrogens is 458 g/mol. The molecule has 1 amide bonds. The lowest BCUT2D eigenvalue weighted by Gasteiger charge is -2.33. The van der Waals surface area contributed by atoms with E-state index in [-0.39, 0.29) is 29.4 Å². The number of carbonyl (C=O) groups is 1. The normalized spacial score (nSPS) is 16.2. The summed E-state index contributed by atoms with van der Waals surface area (Å²) in [5.41, 5.74) is 1.40. The number of halogens is 3. The monoisotopic (exact) mass is 480 g/mol. The van der Waals surface area contributed by atoms with Crippen molar-refractivity contribution in [1.29, 1.82) is 0 Å². The number of aliphatic hydroxyl groups excluding tert-OH is 1. The Labute approximate surface area is 194 Å². The number of benzene rings is 2. The predicted octanol–water partition coefficient (Wildman–Crippen LogP) is 3.64. The molecule has 170 valence electrons. The molecule has 1 aliphatic heterocycles. The van der Waals surface area contributed by atoms with Crippen LogP contribution in [0, 0.1) is 5.82 Å². The van der Waals surface area contributed by atoms with Crippen LogP contribution in [0.4, 0.5) is 4.39 Å². The average Bonchev–Trinajstić information content (AvgIpc) is 3.19. The van der Waals surface area contributed by atoms with E-state index < -0.39 is 11.9 Å². The molecular formula is C22H23Cl2FN4O3. The summed E-state index contributed by atoms with van der Waals surface area (Å²) in [5.74, 6) is -0.232. The lowest BCUT2D eigenvalue weighted by atomic mass is 10.0. The van der Waals surface area contributed by atoms with Crippen LogP contribution in [-0.2, 0) is 0 Å². The summed E-state index contributed by atoms with van der Waals surface area (Å²) in [6.45, 7) is 1.94. The van der Waals surface area contributed by atoms with Crippen molar-refractivity contribution in [1.82, 2.24) is 20.2 Å². The molecule has 1 saturated heterocycles. The van der Waals surface area contributed by atoms with E-state index >= 15 is 0 Å². The van der Waals surface area contributed by atoms with Crippen LogP contribution in [0.3, 0.4) is 0 Å². The van der Waals surface area contributed by atoms with Gasteiger partial charge in [0.1, 0.15) is 24.3 Å². The zero-order valence-electron chi connectivity index (χ0n) is 17.2. The summed E-state index contributed by atoms with van der Waals surface area (Å²) in [6.07, 6.45) is 0.795. The van der Waals surface area contributed by atoms with Crippen LogP contribution in [0.15, 0.2) is 36.4 Å². The SMILES string of the molecule is O=C(NC1CCN(CC(O)COc2ccc(Cl)c(F)c2)CC1)c1nc2ccc(Cl)cc2[nH]1. The van der Waals surface area contributed by atoms with Crippen molar-refractivity contribution < 1.29 is 19.0 Å². The number of rotatable bonds is 7. The van der Waals surface area contributed by atoms with Gasteiger partial charge in [0.25, 0.3) is 5.91 Å². The van der Waals surface area contributed by atoms with Crippen LogP contribution in [0.1, 0.15) is 23.5 Å². The number of β-amino-alcohol motifs (C(OH)–C–C–N with tert-alkyl or cyclic N) is 1. The Morgan fingerprint density at radius 3 is 2.81 bits per heavy atom. The highest BCUT2D eigenvalue weighted by molar-refractivity contribution is 6.31. The summed E-state index contributed by atoms with van der Waals surface area (Å²) < 4.78 is 18.9. The third-order valence-electron chi connectivity index (χ3n) is 5.38. The molecule has 32 heavy (non-hydrogen) atoms. The van der Waals surface area contributed by atoms with Gasteiger partial charge < -0.3 is 25.0 Å². The van der Waals surface area contributed by atoms with Gasteiger partial charge >= 0.3 is 0 Å². The predicted molar refractivity (Wildman–Crippen MR) is 121 cm³/mol. The summed E-state index contributed by atoms with van der Waals surface area (Å²) in [5, 5.41) is 13.9. The first-order valence-electron chi connectivity index (χ1n) is 10.3. The Balaban J connectivity index is 1.21. The van der Waals surface area contributed by atoms with Gasteiger partial charge in [0.15, 0.2) is 5.82 Å². The summed E-state index contributed by atoms with van der Waals surface area (Å²) in [4.78, 5) is 22.0. The number of aliphatic hydroxyl groups is 1. The van der Waals surface area contributed by atoms with Crippen LogP contribution >= 0.6 is 23.2 Å². The highest BCUT2D eigenvalue weighted by atomic mass is 35.5.